The van der Waals surface area contributed by atoms with Crippen LogP contribution in [0, 0.1) is 5.82 Å². The fourth-order valence-electron chi connectivity index (χ4n) is 4.65. The molecular weight excluding hydrogens is 361 g/mol. The SMILES string of the molecule is CC(C)N1CCC(c2cc3c(cc2F)C(=O)N(C2CCC(=O)NC2=O)C3)CC1. The van der Waals surface area contributed by atoms with Gasteiger partial charge in [-0.3, -0.25) is 19.7 Å². The van der Waals surface area contributed by atoms with Crippen LogP contribution < -0.4 is 5.32 Å². The summed E-state index contributed by atoms with van der Waals surface area (Å²) in [6.07, 6.45) is 2.33. The lowest BCUT2D eigenvalue weighted by Gasteiger charge is -2.35. The van der Waals surface area contributed by atoms with E-state index < -0.39 is 11.9 Å². The molecule has 0 aromatic heterocycles. The molecule has 2 fully saturated rings. The van der Waals surface area contributed by atoms with Crippen molar-refractivity contribution < 1.29 is 18.8 Å². The van der Waals surface area contributed by atoms with Gasteiger partial charge in [0.1, 0.15) is 11.9 Å². The van der Waals surface area contributed by atoms with Crippen LogP contribution in [0.1, 0.15) is 66.9 Å². The number of hydrogen-bond donors (Lipinski definition) is 1. The summed E-state index contributed by atoms with van der Waals surface area (Å²) in [6, 6.07) is 2.99. The number of piperidine rings is 2. The van der Waals surface area contributed by atoms with Gasteiger partial charge in [-0.05, 0) is 69.3 Å². The molecule has 0 spiro atoms. The molecule has 1 aromatic carbocycles. The van der Waals surface area contributed by atoms with E-state index in [1.165, 1.54) is 11.0 Å². The van der Waals surface area contributed by atoms with Crippen molar-refractivity contribution in [3.63, 3.8) is 0 Å². The van der Waals surface area contributed by atoms with Crippen LogP contribution in [0.4, 0.5) is 4.39 Å². The van der Waals surface area contributed by atoms with E-state index in [0.29, 0.717) is 30.1 Å². The van der Waals surface area contributed by atoms with Crippen LogP contribution in [-0.4, -0.2) is 52.7 Å². The topological polar surface area (TPSA) is 69.7 Å². The monoisotopic (exact) mass is 387 g/mol. The normalized spacial score (nSPS) is 24.1. The Morgan fingerprint density at radius 2 is 1.82 bits per heavy atom. The van der Waals surface area contributed by atoms with Crippen LogP contribution in [0.25, 0.3) is 0 Å². The molecule has 150 valence electrons. The Hall–Kier alpha value is -2.28. The summed E-state index contributed by atoms with van der Waals surface area (Å²) in [4.78, 5) is 40.2. The van der Waals surface area contributed by atoms with Crippen molar-refractivity contribution in [2.24, 2.45) is 0 Å². The van der Waals surface area contributed by atoms with Gasteiger partial charge in [-0.2, -0.15) is 0 Å². The van der Waals surface area contributed by atoms with Crippen LogP contribution >= 0.6 is 0 Å². The Kier molecular flexibility index (Phi) is 4.95. The van der Waals surface area contributed by atoms with Gasteiger partial charge in [-0.15, -0.1) is 0 Å². The number of carbonyl (C=O) groups excluding carboxylic acids is 3. The molecule has 0 bridgehead atoms. The summed E-state index contributed by atoms with van der Waals surface area (Å²) >= 11 is 0. The first kappa shape index (κ1) is 19.1. The summed E-state index contributed by atoms with van der Waals surface area (Å²) in [5, 5.41) is 2.29. The molecule has 3 amide bonds. The van der Waals surface area contributed by atoms with Crippen LogP contribution in [0.3, 0.4) is 0 Å². The Balaban J connectivity index is 1.53. The van der Waals surface area contributed by atoms with Gasteiger partial charge in [0.05, 0.1) is 0 Å². The lowest BCUT2D eigenvalue weighted by molar-refractivity contribution is -0.136. The number of halogens is 1. The highest BCUT2D eigenvalue weighted by atomic mass is 19.1. The molecule has 1 N–H and O–H groups in total. The van der Waals surface area contributed by atoms with E-state index in [2.05, 4.69) is 24.1 Å². The molecule has 2 saturated heterocycles. The highest BCUT2D eigenvalue weighted by Crippen LogP contribution is 2.35. The van der Waals surface area contributed by atoms with E-state index >= 15 is 0 Å². The van der Waals surface area contributed by atoms with Crippen molar-refractivity contribution in [1.82, 2.24) is 15.1 Å². The fraction of sp³-hybridized carbons (Fsp3) is 0.571. The summed E-state index contributed by atoms with van der Waals surface area (Å²) < 4.78 is 14.8. The Morgan fingerprint density at radius 1 is 1.11 bits per heavy atom. The highest BCUT2D eigenvalue weighted by molar-refractivity contribution is 6.05. The minimum absolute atomic E-state index is 0.153. The fourth-order valence-corrected chi connectivity index (χ4v) is 4.65. The van der Waals surface area contributed by atoms with E-state index in [1.54, 1.807) is 0 Å². The van der Waals surface area contributed by atoms with Crippen molar-refractivity contribution in [2.45, 2.75) is 64.1 Å². The summed E-state index contributed by atoms with van der Waals surface area (Å²) in [5.74, 6) is -1.27. The molecular formula is C21H26FN3O3. The average Bonchev–Trinajstić information content (AvgIpc) is 2.97. The third kappa shape index (κ3) is 3.32. The lowest BCUT2D eigenvalue weighted by Crippen LogP contribution is -2.52. The number of imide groups is 1. The molecule has 6 nitrogen and oxygen atoms in total. The van der Waals surface area contributed by atoms with Gasteiger partial charge in [-0.25, -0.2) is 4.39 Å². The van der Waals surface area contributed by atoms with E-state index in [1.807, 2.05) is 6.07 Å². The zero-order chi connectivity index (χ0) is 20.0. The van der Waals surface area contributed by atoms with Crippen molar-refractivity contribution in [2.75, 3.05) is 13.1 Å². The van der Waals surface area contributed by atoms with Gasteiger partial charge < -0.3 is 9.80 Å². The zero-order valence-electron chi connectivity index (χ0n) is 16.3. The number of hydrogen-bond acceptors (Lipinski definition) is 4. The largest absolute Gasteiger partial charge is 0.322 e. The molecule has 1 unspecified atom stereocenters. The second-order valence-corrected chi connectivity index (χ2v) is 8.33. The minimum Gasteiger partial charge on any atom is -0.322 e. The van der Waals surface area contributed by atoms with Gasteiger partial charge in [0.25, 0.3) is 5.91 Å². The van der Waals surface area contributed by atoms with Crippen LogP contribution in [-0.2, 0) is 16.1 Å². The predicted octanol–water partition coefficient (Wildman–Crippen LogP) is 2.17. The number of fused-ring (bicyclic) bond motifs is 1. The number of nitrogens with one attached hydrogen (secondary N) is 1. The van der Waals surface area contributed by atoms with Gasteiger partial charge in [0, 0.05) is 24.6 Å². The number of carbonyl (C=O) groups is 3. The molecule has 1 aromatic rings. The second-order valence-electron chi connectivity index (χ2n) is 8.33. The molecule has 7 heteroatoms. The first-order valence-corrected chi connectivity index (χ1v) is 10.1. The van der Waals surface area contributed by atoms with E-state index in [4.69, 9.17) is 0 Å². The van der Waals surface area contributed by atoms with E-state index in [9.17, 15) is 18.8 Å². The maximum atomic E-state index is 14.8. The second kappa shape index (κ2) is 7.28. The number of benzene rings is 1. The standard InChI is InChI=1S/C21H26FN3O3/c1-12(2)24-7-5-13(6-8-24)15-9-14-11-25(21(28)16(14)10-17(15)22)18-3-4-19(26)23-20(18)27/h9-10,12-13,18H,3-8,11H2,1-2H3,(H,23,26,27). The Labute approximate surface area is 164 Å². The lowest BCUT2D eigenvalue weighted by atomic mass is 9.87. The number of rotatable bonds is 3. The summed E-state index contributed by atoms with van der Waals surface area (Å²) in [6.45, 7) is 6.52. The number of nitrogens with zero attached hydrogens (tertiary/aromatic N) is 2. The van der Waals surface area contributed by atoms with Gasteiger partial charge >= 0.3 is 0 Å². The predicted molar refractivity (Wildman–Crippen MR) is 101 cm³/mol. The minimum atomic E-state index is -0.668. The van der Waals surface area contributed by atoms with Gasteiger partial charge in [-0.1, -0.05) is 6.07 Å². The average molecular weight is 387 g/mol. The molecule has 1 atom stereocenters. The molecule has 3 heterocycles. The molecule has 0 saturated carbocycles. The Morgan fingerprint density at radius 3 is 2.46 bits per heavy atom. The highest BCUT2D eigenvalue weighted by Gasteiger charge is 2.40. The first-order valence-electron chi connectivity index (χ1n) is 10.1. The Bertz CT molecular complexity index is 830. The third-order valence-electron chi connectivity index (χ3n) is 6.34. The number of likely N-dealkylation sites (tertiary alicyclic amines) is 1. The molecule has 4 rings (SSSR count). The number of amides is 3. The van der Waals surface area contributed by atoms with Crippen molar-refractivity contribution in [1.29, 1.82) is 0 Å². The molecule has 3 aliphatic heterocycles. The van der Waals surface area contributed by atoms with Gasteiger partial charge in [0.2, 0.25) is 11.8 Å². The molecule has 3 aliphatic rings. The molecule has 0 radical (unpaired) electrons. The zero-order valence-corrected chi connectivity index (χ0v) is 16.3. The van der Waals surface area contributed by atoms with Crippen molar-refractivity contribution in [3.8, 4) is 0 Å². The van der Waals surface area contributed by atoms with Gasteiger partial charge in [0.15, 0.2) is 0 Å². The smallest absolute Gasteiger partial charge is 0.255 e. The van der Waals surface area contributed by atoms with Crippen molar-refractivity contribution >= 4 is 17.7 Å². The first-order chi connectivity index (χ1) is 13.3. The molecule has 0 aliphatic carbocycles. The summed E-state index contributed by atoms with van der Waals surface area (Å²) in [5.41, 5.74) is 1.79. The van der Waals surface area contributed by atoms with Crippen LogP contribution in [0.5, 0.6) is 0 Å². The summed E-state index contributed by atoms with van der Waals surface area (Å²) in [7, 11) is 0. The van der Waals surface area contributed by atoms with Crippen LogP contribution in [0.2, 0.25) is 0 Å². The maximum Gasteiger partial charge on any atom is 0.255 e. The van der Waals surface area contributed by atoms with E-state index in [0.717, 1.165) is 31.5 Å². The van der Waals surface area contributed by atoms with Crippen molar-refractivity contribution in [3.05, 3.63) is 34.6 Å². The van der Waals surface area contributed by atoms with E-state index in [-0.39, 0.29) is 30.0 Å². The quantitative estimate of drug-likeness (QED) is 0.807. The third-order valence-corrected chi connectivity index (χ3v) is 6.34. The molecule has 28 heavy (non-hydrogen) atoms. The van der Waals surface area contributed by atoms with Crippen LogP contribution in [0.15, 0.2) is 12.1 Å². The maximum absolute atomic E-state index is 14.8.